The normalized spacial score (nSPS) is 13.7. The summed E-state index contributed by atoms with van der Waals surface area (Å²) in [4.78, 5) is 15.1. The lowest BCUT2D eigenvalue weighted by Crippen LogP contribution is -2.36. The molecular formula is C24H22BrN5O2S. The molecule has 2 aromatic heterocycles. The van der Waals surface area contributed by atoms with Crippen LogP contribution in [0.4, 0.5) is 22.7 Å². The molecule has 5 rings (SSSR count). The molecule has 7 nitrogen and oxygen atoms in total. The Morgan fingerprint density at radius 2 is 1.85 bits per heavy atom. The lowest BCUT2D eigenvalue weighted by atomic mass is 10.1. The van der Waals surface area contributed by atoms with Gasteiger partial charge in [-0.1, -0.05) is 6.07 Å². The van der Waals surface area contributed by atoms with Gasteiger partial charge in [-0.15, -0.1) is 11.3 Å². The molecule has 33 heavy (non-hydrogen) atoms. The van der Waals surface area contributed by atoms with Crippen LogP contribution in [-0.4, -0.2) is 42.0 Å². The van der Waals surface area contributed by atoms with Crippen molar-refractivity contribution in [3.05, 3.63) is 81.7 Å². The highest BCUT2D eigenvalue weighted by atomic mass is 79.9. The maximum atomic E-state index is 12.9. The maximum Gasteiger partial charge on any atom is 0.255 e. The summed E-state index contributed by atoms with van der Waals surface area (Å²) in [5.41, 5.74) is 5.12. The number of rotatable bonds is 6. The summed E-state index contributed by atoms with van der Waals surface area (Å²) < 4.78 is 8.17. The Morgan fingerprint density at radius 3 is 2.61 bits per heavy atom. The van der Waals surface area contributed by atoms with Crippen molar-refractivity contribution >= 4 is 55.9 Å². The van der Waals surface area contributed by atoms with Crippen LogP contribution >= 0.6 is 27.3 Å². The number of morpholine rings is 1. The zero-order chi connectivity index (χ0) is 22.6. The van der Waals surface area contributed by atoms with Crippen molar-refractivity contribution in [1.82, 2.24) is 9.78 Å². The van der Waals surface area contributed by atoms with E-state index in [4.69, 9.17) is 4.74 Å². The molecule has 0 atom stereocenters. The van der Waals surface area contributed by atoms with Crippen molar-refractivity contribution in [2.45, 2.75) is 0 Å². The highest BCUT2D eigenvalue weighted by molar-refractivity contribution is 9.10. The number of thiophene rings is 1. The largest absolute Gasteiger partial charge is 0.378 e. The fourth-order valence-electron chi connectivity index (χ4n) is 3.62. The van der Waals surface area contributed by atoms with E-state index in [1.54, 1.807) is 28.3 Å². The second kappa shape index (κ2) is 9.78. The molecule has 0 radical (unpaired) electrons. The molecule has 1 saturated heterocycles. The van der Waals surface area contributed by atoms with Crippen LogP contribution < -0.4 is 15.5 Å². The molecule has 4 aromatic rings. The van der Waals surface area contributed by atoms with E-state index in [0.717, 1.165) is 59.2 Å². The molecule has 0 aliphatic carbocycles. The minimum Gasteiger partial charge on any atom is -0.378 e. The minimum absolute atomic E-state index is 0.163. The Labute approximate surface area is 204 Å². The fraction of sp³-hybridized carbons (Fsp3) is 0.167. The highest BCUT2D eigenvalue weighted by Crippen LogP contribution is 2.29. The van der Waals surface area contributed by atoms with Crippen molar-refractivity contribution < 1.29 is 9.53 Å². The first-order chi connectivity index (χ1) is 16.2. The molecule has 168 valence electrons. The third-order valence-electron chi connectivity index (χ3n) is 5.35. The van der Waals surface area contributed by atoms with Gasteiger partial charge in [0.05, 0.1) is 47.1 Å². The van der Waals surface area contributed by atoms with Crippen LogP contribution in [0.1, 0.15) is 10.4 Å². The number of anilines is 4. The van der Waals surface area contributed by atoms with E-state index >= 15 is 0 Å². The molecule has 2 N–H and O–H groups in total. The van der Waals surface area contributed by atoms with Crippen molar-refractivity contribution in [2.75, 3.05) is 41.8 Å². The second-order valence-corrected chi connectivity index (χ2v) is 9.18. The Balaban J connectivity index is 1.26. The molecule has 1 aliphatic rings. The van der Waals surface area contributed by atoms with E-state index in [9.17, 15) is 4.79 Å². The number of halogens is 1. The van der Waals surface area contributed by atoms with Gasteiger partial charge in [0.25, 0.3) is 5.91 Å². The summed E-state index contributed by atoms with van der Waals surface area (Å²) in [6.45, 7) is 3.25. The number of ether oxygens (including phenoxy) is 1. The molecule has 1 aliphatic heterocycles. The number of hydrogen-bond donors (Lipinski definition) is 2. The number of amides is 1. The summed E-state index contributed by atoms with van der Waals surface area (Å²) in [5.74, 6) is -0.163. The standard InChI is InChI=1S/C24H22BrN5O2S/c25-22-15-33-16-23(22)27-19-13-26-30(14-19)21-3-1-2-17(12-21)24(31)28-18-4-6-20(7-5-18)29-8-10-32-11-9-29/h1-7,12-16,27H,8-11H2,(H,28,31). The number of aromatic nitrogens is 2. The van der Waals surface area contributed by atoms with Gasteiger partial charge in [-0.2, -0.15) is 5.10 Å². The van der Waals surface area contributed by atoms with Gasteiger partial charge in [0, 0.05) is 40.8 Å². The van der Waals surface area contributed by atoms with E-state index in [1.165, 1.54) is 0 Å². The number of carbonyl (C=O) groups is 1. The monoisotopic (exact) mass is 523 g/mol. The van der Waals surface area contributed by atoms with Gasteiger partial charge in [-0.3, -0.25) is 4.79 Å². The minimum atomic E-state index is -0.163. The lowest BCUT2D eigenvalue weighted by molar-refractivity contribution is 0.102. The SMILES string of the molecule is O=C(Nc1ccc(N2CCOCC2)cc1)c1cccc(-n2cc(Nc3cscc3Br)cn2)c1. The van der Waals surface area contributed by atoms with Crippen molar-refractivity contribution in [3.8, 4) is 5.69 Å². The predicted octanol–water partition coefficient (Wildman–Crippen LogP) is 5.53. The molecule has 0 bridgehead atoms. The first kappa shape index (κ1) is 21.7. The van der Waals surface area contributed by atoms with Crippen LogP contribution in [0.3, 0.4) is 0 Å². The lowest BCUT2D eigenvalue weighted by Gasteiger charge is -2.28. The summed E-state index contributed by atoms with van der Waals surface area (Å²) in [7, 11) is 0. The Morgan fingerprint density at radius 1 is 1.03 bits per heavy atom. The average Bonchev–Trinajstić information content (AvgIpc) is 3.49. The third-order valence-corrected chi connectivity index (χ3v) is 7.05. The summed E-state index contributed by atoms with van der Waals surface area (Å²) in [6, 6.07) is 15.3. The smallest absolute Gasteiger partial charge is 0.255 e. The van der Waals surface area contributed by atoms with Crippen molar-refractivity contribution in [3.63, 3.8) is 0 Å². The quantitative estimate of drug-likeness (QED) is 0.347. The number of hydrogen-bond acceptors (Lipinski definition) is 6. The van der Waals surface area contributed by atoms with Crippen molar-refractivity contribution in [1.29, 1.82) is 0 Å². The zero-order valence-corrected chi connectivity index (χ0v) is 20.1. The van der Waals surface area contributed by atoms with Crippen LogP contribution in [0, 0.1) is 0 Å². The average molecular weight is 524 g/mol. The predicted molar refractivity (Wildman–Crippen MR) is 136 cm³/mol. The van der Waals surface area contributed by atoms with Crippen LogP contribution in [0.5, 0.6) is 0 Å². The van der Waals surface area contributed by atoms with Gasteiger partial charge in [0.2, 0.25) is 0 Å². The summed E-state index contributed by atoms with van der Waals surface area (Å²) >= 11 is 5.13. The van der Waals surface area contributed by atoms with Gasteiger partial charge in [-0.05, 0) is 58.4 Å². The Hall–Kier alpha value is -3.14. The van der Waals surface area contributed by atoms with Crippen LogP contribution in [0.25, 0.3) is 5.69 Å². The van der Waals surface area contributed by atoms with Gasteiger partial charge < -0.3 is 20.3 Å². The van der Waals surface area contributed by atoms with Crippen LogP contribution in [0.15, 0.2) is 76.2 Å². The van der Waals surface area contributed by atoms with Gasteiger partial charge in [0.1, 0.15) is 0 Å². The Kier molecular flexibility index (Phi) is 6.43. The Bertz CT molecular complexity index is 1250. The zero-order valence-electron chi connectivity index (χ0n) is 17.7. The molecule has 1 amide bonds. The van der Waals surface area contributed by atoms with Gasteiger partial charge in [-0.25, -0.2) is 4.68 Å². The second-order valence-electron chi connectivity index (χ2n) is 7.58. The summed E-state index contributed by atoms with van der Waals surface area (Å²) in [5, 5.41) is 14.8. The van der Waals surface area contributed by atoms with E-state index in [-0.39, 0.29) is 5.91 Å². The third kappa shape index (κ3) is 5.11. The number of benzene rings is 2. The van der Waals surface area contributed by atoms with E-state index in [2.05, 4.69) is 36.6 Å². The molecule has 0 saturated carbocycles. The molecule has 2 aromatic carbocycles. The highest BCUT2D eigenvalue weighted by Gasteiger charge is 2.12. The van der Waals surface area contributed by atoms with E-state index in [0.29, 0.717) is 5.56 Å². The van der Waals surface area contributed by atoms with Gasteiger partial charge >= 0.3 is 0 Å². The number of carbonyl (C=O) groups excluding carboxylic acids is 1. The number of nitrogens with zero attached hydrogens (tertiary/aromatic N) is 3. The molecule has 1 fully saturated rings. The van der Waals surface area contributed by atoms with E-state index in [1.807, 2.05) is 59.4 Å². The van der Waals surface area contributed by atoms with Gasteiger partial charge in [0.15, 0.2) is 0 Å². The van der Waals surface area contributed by atoms with Crippen LogP contribution in [0.2, 0.25) is 0 Å². The van der Waals surface area contributed by atoms with Crippen LogP contribution in [-0.2, 0) is 4.74 Å². The summed E-state index contributed by atoms with van der Waals surface area (Å²) in [6.07, 6.45) is 3.65. The fourth-order valence-corrected chi connectivity index (χ4v) is 4.95. The maximum absolute atomic E-state index is 12.9. The van der Waals surface area contributed by atoms with E-state index < -0.39 is 0 Å². The molecule has 9 heteroatoms. The molecular weight excluding hydrogens is 502 g/mol. The molecule has 0 unspecified atom stereocenters. The first-order valence-electron chi connectivity index (χ1n) is 10.5. The topological polar surface area (TPSA) is 71.4 Å². The molecule has 0 spiro atoms. The van der Waals surface area contributed by atoms with Crippen molar-refractivity contribution in [2.24, 2.45) is 0 Å². The first-order valence-corrected chi connectivity index (χ1v) is 12.3. The number of nitrogens with one attached hydrogen (secondary N) is 2. The molecule has 3 heterocycles.